The van der Waals surface area contributed by atoms with Crippen molar-refractivity contribution in [1.29, 1.82) is 0 Å². The molecule has 0 unspecified atom stereocenters. The Labute approximate surface area is 173 Å². The summed E-state index contributed by atoms with van der Waals surface area (Å²) in [5.41, 5.74) is 1.61. The van der Waals surface area contributed by atoms with E-state index in [9.17, 15) is 9.59 Å². The van der Waals surface area contributed by atoms with Crippen molar-refractivity contribution < 1.29 is 9.21 Å². The highest BCUT2D eigenvalue weighted by atomic mass is 32.2. The van der Waals surface area contributed by atoms with Crippen LogP contribution in [0.5, 0.6) is 0 Å². The van der Waals surface area contributed by atoms with E-state index in [1.165, 1.54) is 11.8 Å². The van der Waals surface area contributed by atoms with E-state index in [1.54, 1.807) is 23.0 Å². The minimum Gasteiger partial charge on any atom is -0.467 e. The lowest BCUT2D eigenvalue weighted by atomic mass is 10.2. The number of amides is 1. The maximum absolute atomic E-state index is 13.1. The summed E-state index contributed by atoms with van der Waals surface area (Å²) in [7, 11) is 0. The van der Waals surface area contributed by atoms with Crippen molar-refractivity contribution in [2.75, 3.05) is 12.3 Å². The number of fused-ring (bicyclic) bond motifs is 1. The van der Waals surface area contributed by atoms with Gasteiger partial charge in [-0.2, -0.15) is 0 Å². The highest BCUT2D eigenvalue weighted by Gasteiger charge is 2.20. The standard InChI is InChI=1S/C22H23N3O3S/c1-2-24(16-8-3-4-9-16)20(26)15-29-22-23-19-12-6-5-11-18(19)21(27)25(22)14-17-10-7-13-28-17/h5-8,10-13H,2-4,9,14-15H2,1H3. The Morgan fingerprint density at radius 2 is 2.14 bits per heavy atom. The van der Waals surface area contributed by atoms with E-state index in [0.29, 0.717) is 28.4 Å². The molecule has 2 heterocycles. The van der Waals surface area contributed by atoms with Crippen molar-refractivity contribution in [3.05, 3.63) is 70.5 Å². The molecule has 6 nitrogen and oxygen atoms in total. The van der Waals surface area contributed by atoms with Gasteiger partial charge >= 0.3 is 0 Å². The van der Waals surface area contributed by atoms with Crippen LogP contribution in [0.2, 0.25) is 0 Å². The molecule has 4 rings (SSSR count). The molecule has 150 valence electrons. The monoisotopic (exact) mass is 409 g/mol. The number of para-hydroxylation sites is 1. The van der Waals surface area contributed by atoms with Crippen molar-refractivity contribution in [2.45, 2.75) is 37.9 Å². The third kappa shape index (κ3) is 4.15. The predicted octanol–water partition coefficient (Wildman–Crippen LogP) is 4.05. The van der Waals surface area contributed by atoms with Gasteiger partial charge in [-0.25, -0.2) is 4.98 Å². The molecule has 0 fully saturated rings. The molecular weight excluding hydrogens is 386 g/mol. The Morgan fingerprint density at radius 1 is 1.28 bits per heavy atom. The first-order chi connectivity index (χ1) is 14.2. The quantitative estimate of drug-likeness (QED) is 0.435. The van der Waals surface area contributed by atoms with Crippen LogP contribution in [0, 0.1) is 0 Å². The highest BCUT2D eigenvalue weighted by Crippen LogP contribution is 2.24. The number of allylic oxidation sites excluding steroid dienone is 2. The van der Waals surface area contributed by atoms with Crippen molar-refractivity contribution in [2.24, 2.45) is 0 Å². The van der Waals surface area contributed by atoms with Gasteiger partial charge in [-0.1, -0.05) is 30.0 Å². The summed E-state index contributed by atoms with van der Waals surface area (Å²) in [5.74, 6) is 0.940. The Morgan fingerprint density at radius 3 is 2.86 bits per heavy atom. The first-order valence-electron chi connectivity index (χ1n) is 9.81. The normalized spacial score (nSPS) is 13.6. The van der Waals surface area contributed by atoms with Gasteiger partial charge in [-0.15, -0.1) is 0 Å². The molecule has 0 spiro atoms. The Balaban J connectivity index is 1.63. The molecule has 0 saturated heterocycles. The summed E-state index contributed by atoms with van der Waals surface area (Å²) >= 11 is 1.30. The number of carbonyl (C=O) groups excluding carboxylic acids is 1. The number of carbonyl (C=O) groups is 1. The number of nitrogens with zero attached hydrogens (tertiary/aromatic N) is 3. The molecule has 1 aliphatic rings. The van der Waals surface area contributed by atoms with Crippen LogP contribution in [0.4, 0.5) is 0 Å². The molecule has 0 aliphatic heterocycles. The first kappa shape index (κ1) is 19.5. The van der Waals surface area contributed by atoms with Gasteiger partial charge in [0, 0.05) is 12.2 Å². The van der Waals surface area contributed by atoms with E-state index in [-0.39, 0.29) is 23.8 Å². The number of hydrogen-bond acceptors (Lipinski definition) is 5. The fourth-order valence-corrected chi connectivity index (χ4v) is 4.47. The Hall–Kier alpha value is -2.80. The SMILES string of the molecule is CCN(C(=O)CSc1nc2ccccc2c(=O)n1Cc1ccco1)C1=CCCC1. The van der Waals surface area contributed by atoms with E-state index in [4.69, 9.17) is 4.42 Å². The lowest BCUT2D eigenvalue weighted by Gasteiger charge is -2.22. The second-order valence-electron chi connectivity index (χ2n) is 6.90. The lowest BCUT2D eigenvalue weighted by Crippen LogP contribution is -2.31. The number of thioether (sulfide) groups is 1. The number of furan rings is 1. The van der Waals surface area contributed by atoms with Crippen molar-refractivity contribution in [3.8, 4) is 0 Å². The minimum absolute atomic E-state index is 0.0395. The number of aromatic nitrogens is 2. The molecule has 1 aliphatic carbocycles. The van der Waals surface area contributed by atoms with Crippen LogP contribution >= 0.6 is 11.8 Å². The average molecular weight is 410 g/mol. The molecular formula is C22H23N3O3S. The van der Waals surface area contributed by atoms with Crippen LogP contribution in [0.15, 0.2) is 68.8 Å². The van der Waals surface area contributed by atoms with E-state index < -0.39 is 0 Å². The van der Waals surface area contributed by atoms with Crippen molar-refractivity contribution >= 4 is 28.6 Å². The summed E-state index contributed by atoms with van der Waals surface area (Å²) in [6, 6.07) is 10.9. The molecule has 0 bridgehead atoms. The fourth-order valence-electron chi connectivity index (χ4n) is 3.60. The molecule has 0 saturated carbocycles. The van der Waals surface area contributed by atoms with Gasteiger partial charge in [-0.05, 0) is 50.5 Å². The van der Waals surface area contributed by atoms with E-state index in [1.807, 2.05) is 36.1 Å². The second-order valence-corrected chi connectivity index (χ2v) is 7.84. The van der Waals surface area contributed by atoms with Gasteiger partial charge in [0.05, 0.1) is 29.5 Å². The smallest absolute Gasteiger partial charge is 0.262 e. The van der Waals surface area contributed by atoms with Crippen LogP contribution in [-0.2, 0) is 11.3 Å². The molecule has 0 atom stereocenters. The number of hydrogen-bond donors (Lipinski definition) is 0. The third-order valence-electron chi connectivity index (χ3n) is 5.03. The summed E-state index contributed by atoms with van der Waals surface area (Å²) in [6.07, 6.45) is 6.80. The van der Waals surface area contributed by atoms with Crippen molar-refractivity contribution in [3.63, 3.8) is 0 Å². The van der Waals surface area contributed by atoms with Crippen molar-refractivity contribution in [1.82, 2.24) is 14.5 Å². The first-order valence-corrected chi connectivity index (χ1v) is 10.8. The minimum atomic E-state index is -0.132. The summed E-state index contributed by atoms with van der Waals surface area (Å²) in [6.45, 7) is 2.92. The molecule has 2 aromatic heterocycles. The molecule has 29 heavy (non-hydrogen) atoms. The van der Waals surface area contributed by atoms with Gasteiger partial charge in [0.1, 0.15) is 5.76 Å². The van der Waals surface area contributed by atoms with Gasteiger partial charge in [0.15, 0.2) is 5.16 Å². The number of benzene rings is 1. The molecule has 7 heteroatoms. The Kier molecular flexibility index (Phi) is 5.85. The van der Waals surface area contributed by atoms with Crippen LogP contribution in [0.25, 0.3) is 10.9 Å². The third-order valence-corrected chi connectivity index (χ3v) is 5.99. The zero-order valence-electron chi connectivity index (χ0n) is 16.3. The summed E-state index contributed by atoms with van der Waals surface area (Å²) in [4.78, 5) is 32.4. The lowest BCUT2D eigenvalue weighted by molar-refractivity contribution is -0.126. The average Bonchev–Trinajstić information content (AvgIpc) is 3.44. The molecule has 3 aromatic rings. The molecule has 1 aromatic carbocycles. The second kappa shape index (κ2) is 8.69. The Bertz CT molecular complexity index is 1100. The van der Waals surface area contributed by atoms with E-state index in [0.717, 1.165) is 25.0 Å². The predicted molar refractivity (Wildman–Crippen MR) is 114 cm³/mol. The molecule has 1 amide bonds. The maximum atomic E-state index is 13.1. The topological polar surface area (TPSA) is 68.3 Å². The van der Waals surface area contributed by atoms with E-state index >= 15 is 0 Å². The summed E-state index contributed by atoms with van der Waals surface area (Å²) < 4.78 is 7.02. The van der Waals surface area contributed by atoms with Crippen LogP contribution < -0.4 is 5.56 Å². The largest absolute Gasteiger partial charge is 0.467 e. The fraction of sp³-hybridized carbons (Fsp3) is 0.318. The van der Waals surface area contributed by atoms with Gasteiger partial charge in [-0.3, -0.25) is 14.2 Å². The maximum Gasteiger partial charge on any atom is 0.262 e. The number of rotatable bonds is 7. The van der Waals surface area contributed by atoms with Gasteiger partial charge in [0.25, 0.3) is 5.56 Å². The van der Waals surface area contributed by atoms with Gasteiger partial charge < -0.3 is 9.32 Å². The highest BCUT2D eigenvalue weighted by molar-refractivity contribution is 7.99. The van der Waals surface area contributed by atoms with E-state index in [2.05, 4.69) is 11.1 Å². The molecule has 0 radical (unpaired) electrons. The zero-order valence-corrected chi connectivity index (χ0v) is 17.2. The summed E-state index contributed by atoms with van der Waals surface area (Å²) in [5, 5.41) is 1.08. The van der Waals surface area contributed by atoms with Crippen LogP contribution in [-0.4, -0.2) is 32.7 Å². The molecule has 0 N–H and O–H groups in total. The zero-order chi connectivity index (χ0) is 20.2. The van der Waals surface area contributed by atoms with Crippen LogP contribution in [0.1, 0.15) is 31.9 Å². The van der Waals surface area contributed by atoms with Crippen LogP contribution in [0.3, 0.4) is 0 Å². The van der Waals surface area contributed by atoms with Gasteiger partial charge in [0.2, 0.25) is 5.91 Å².